The molecule has 1 N–H and O–H groups in total. The van der Waals surface area contributed by atoms with Gasteiger partial charge in [0.05, 0.1) is 6.61 Å². The molecule has 0 saturated heterocycles. The highest BCUT2D eigenvalue weighted by atomic mass is 79.9. The summed E-state index contributed by atoms with van der Waals surface area (Å²) in [6.07, 6.45) is 1.02. The molecule has 18 heavy (non-hydrogen) atoms. The molecule has 0 aliphatic heterocycles. The van der Waals surface area contributed by atoms with Gasteiger partial charge in [0.15, 0.2) is 0 Å². The standard InChI is InChI=1S/C14H16BrNOS/c15-12-9-14(18-11-12)10-16-7-4-8-17-13-5-2-1-3-6-13/h1-3,5-6,9,11,16H,4,7-8,10H2. The van der Waals surface area contributed by atoms with Gasteiger partial charge in [0.2, 0.25) is 0 Å². The third-order valence-electron chi connectivity index (χ3n) is 2.43. The average molecular weight is 326 g/mol. The highest BCUT2D eigenvalue weighted by Gasteiger charge is 1.97. The maximum Gasteiger partial charge on any atom is 0.119 e. The molecule has 0 atom stereocenters. The Morgan fingerprint density at radius 3 is 2.78 bits per heavy atom. The molecule has 96 valence electrons. The lowest BCUT2D eigenvalue weighted by molar-refractivity contribution is 0.308. The maximum absolute atomic E-state index is 5.62. The number of hydrogen-bond donors (Lipinski definition) is 1. The third kappa shape index (κ3) is 4.80. The van der Waals surface area contributed by atoms with Crippen LogP contribution in [0, 0.1) is 0 Å². The molecule has 0 radical (unpaired) electrons. The molecule has 2 rings (SSSR count). The summed E-state index contributed by atoms with van der Waals surface area (Å²) in [4.78, 5) is 1.35. The van der Waals surface area contributed by atoms with Crippen molar-refractivity contribution in [1.29, 1.82) is 0 Å². The molecule has 1 heterocycles. The third-order valence-corrected chi connectivity index (χ3v) is 4.13. The molecule has 2 aromatic rings. The van der Waals surface area contributed by atoms with Crippen molar-refractivity contribution < 1.29 is 4.74 Å². The van der Waals surface area contributed by atoms with Crippen molar-refractivity contribution in [2.45, 2.75) is 13.0 Å². The van der Waals surface area contributed by atoms with Gasteiger partial charge in [-0.25, -0.2) is 0 Å². The fourth-order valence-electron chi connectivity index (χ4n) is 1.56. The van der Waals surface area contributed by atoms with Gasteiger partial charge in [-0.3, -0.25) is 0 Å². The zero-order chi connectivity index (χ0) is 12.6. The topological polar surface area (TPSA) is 21.3 Å². The van der Waals surface area contributed by atoms with Crippen LogP contribution in [0.15, 0.2) is 46.3 Å². The number of para-hydroxylation sites is 1. The van der Waals surface area contributed by atoms with Crippen LogP contribution in [0.3, 0.4) is 0 Å². The van der Waals surface area contributed by atoms with Crippen LogP contribution in [0.2, 0.25) is 0 Å². The van der Waals surface area contributed by atoms with Gasteiger partial charge < -0.3 is 10.1 Å². The van der Waals surface area contributed by atoms with Gasteiger partial charge in [0.25, 0.3) is 0 Å². The van der Waals surface area contributed by atoms with Crippen LogP contribution in [0.4, 0.5) is 0 Å². The monoisotopic (exact) mass is 325 g/mol. The Balaban J connectivity index is 1.54. The van der Waals surface area contributed by atoms with Crippen molar-refractivity contribution >= 4 is 27.3 Å². The Morgan fingerprint density at radius 2 is 2.06 bits per heavy atom. The van der Waals surface area contributed by atoms with Crippen LogP contribution in [0.5, 0.6) is 5.75 Å². The van der Waals surface area contributed by atoms with Crippen LogP contribution in [0.25, 0.3) is 0 Å². The number of rotatable bonds is 7. The van der Waals surface area contributed by atoms with E-state index in [1.165, 1.54) is 4.88 Å². The predicted octanol–water partition coefficient (Wildman–Crippen LogP) is 4.07. The molecule has 0 unspecified atom stereocenters. The maximum atomic E-state index is 5.62. The van der Waals surface area contributed by atoms with Crippen molar-refractivity contribution in [3.63, 3.8) is 0 Å². The van der Waals surface area contributed by atoms with E-state index >= 15 is 0 Å². The van der Waals surface area contributed by atoms with Gasteiger partial charge in [-0.2, -0.15) is 0 Å². The zero-order valence-electron chi connectivity index (χ0n) is 10.1. The molecule has 4 heteroatoms. The van der Waals surface area contributed by atoms with Gasteiger partial charge in [0.1, 0.15) is 5.75 Å². The van der Waals surface area contributed by atoms with Crippen LogP contribution >= 0.6 is 27.3 Å². The van der Waals surface area contributed by atoms with E-state index in [0.29, 0.717) is 0 Å². The van der Waals surface area contributed by atoms with Gasteiger partial charge in [-0.15, -0.1) is 11.3 Å². The number of nitrogens with one attached hydrogen (secondary N) is 1. The van der Waals surface area contributed by atoms with E-state index in [1.54, 1.807) is 11.3 Å². The molecule has 1 aromatic heterocycles. The fraction of sp³-hybridized carbons (Fsp3) is 0.286. The minimum Gasteiger partial charge on any atom is -0.494 e. The first kappa shape index (κ1) is 13.6. The Morgan fingerprint density at radius 1 is 1.22 bits per heavy atom. The Bertz CT molecular complexity index is 458. The smallest absolute Gasteiger partial charge is 0.119 e. The van der Waals surface area contributed by atoms with E-state index in [0.717, 1.165) is 36.3 Å². The van der Waals surface area contributed by atoms with Crippen LogP contribution in [-0.4, -0.2) is 13.2 Å². The van der Waals surface area contributed by atoms with Crippen LogP contribution in [0.1, 0.15) is 11.3 Å². The molecule has 0 aliphatic carbocycles. The normalized spacial score (nSPS) is 10.5. The highest BCUT2D eigenvalue weighted by Crippen LogP contribution is 2.19. The summed E-state index contributed by atoms with van der Waals surface area (Å²) in [5.41, 5.74) is 0. The quantitative estimate of drug-likeness (QED) is 0.775. The van der Waals surface area contributed by atoms with Crippen LogP contribution in [-0.2, 0) is 6.54 Å². The molecule has 0 bridgehead atoms. The molecule has 1 aromatic carbocycles. The molecule has 0 spiro atoms. The Hall–Kier alpha value is -0.840. The molecule has 0 fully saturated rings. The second-order valence-electron chi connectivity index (χ2n) is 3.92. The number of ether oxygens (including phenoxy) is 1. The number of hydrogen-bond acceptors (Lipinski definition) is 3. The first-order chi connectivity index (χ1) is 8.84. The van der Waals surface area contributed by atoms with E-state index < -0.39 is 0 Å². The largest absolute Gasteiger partial charge is 0.494 e. The lowest BCUT2D eigenvalue weighted by Gasteiger charge is -2.06. The van der Waals surface area contributed by atoms with Gasteiger partial charge in [-0.1, -0.05) is 18.2 Å². The second kappa shape index (κ2) is 7.56. The lowest BCUT2D eigenvalue weighted by atomic mass is 10.3. The summed E-state index contributed by atoms with van der Waals surface area (Å²) < 4.78 is 6.78. The van der Waals surface area contributed by atoms with E-state index in [1.807, 2.05) is 30.3 Å². The number of halogens is 1. The summed E-state index contributed by atoms with van der Waals surface area (Å²) in [6, 6.07) is 12.1. The first-order valence-corrected chi connectivity index (χ1v) is 7.63. The van der Waals surface area contributed by atoms with Crippen LogP contribution < -0.4 is 10.1 Å². The van der Waals surface area contributed by atoms with Gasteiger partial charge >= 0.3 is 0 Å². The summed E-state index contributed by atoms with van der Waals surface area (Å²) in [7, 11) is 0. The Labute approximate surface area is 120 Å². The number of thiophene rings is 1. The molecular formula is C14H16BrNOS. The minimum atomic E-state index is 0.755. The molecule has 0 amide bonds. The molecular weight excluding hydrogens is 310 g/mol. The van der Waals surface area contributed by atoms with Crippen molar-refractivity contribution in [3.05, 3.63) is 51.1 Å². The minimum absolute atomic E-state index is 0.755. The summed E-state index contributed by atoms with van der Waals surface area (Å²) in [6.45, 7) is 2.66. The van der Waals surface area contributed by atoms with E-state index in [-0.39, 0.29) is 0 Å². The molecule has 0 saturated carbocycles. The van der Waals surface area contributed by atoms with Crippen molar-refractivity contribution in [3.8, 4) is 5.75 Å². The summed E-state index contributed by atoms with van der Waals surface area (Å²) >= 11 is 5.22. The van der Waals surface area contributed by atoms with Crippen molar-refractivity contribution in [1.82, 2.24) is 5.32 Å². The first-order valence-electron chi connectivity index (χ1n) is 5.96. The molecule has 0 aliphatic rings. The number of benzene rings is 1. The lowest BCUT2D eigenvalue weighted by Crippen LogP contribution is -2.16. The van der Waals surface area contributed by atoms with Crippen molar-refractivity contribution in [2.24, 2.45) is 0 Å². The fourth-order valence-corrected chi connectivity index (χ4v) is 2.98. The molecule has 2 nitrogen and oxygen atoms in total. The average Bonchev–Trinajstić information content (AvgIpc) is 2.81. The second-order valence-corrected chi connectivity index (χ2v) is 5.83. The zero-order valence-corrected chi connectivity index (χ0v) is 12.5. The van der Waals surface area contributed by atoms with Gasteiger partial charge in [0, 0.05) is 21.3 Å². The van der Waals surface area contributed by atoms with E-state index in [2.05, 4.69) is 32.7 Å². The van der Waals surface area contributed by atoms with E-state index in [9.17, 15) is 0 Å². The summed E-state index contributed by atoms with van der Waals surface area (Å²) in [5, 5.41) is 5.52. The van der Waals surface area contributed by atoms with E-state index in [4.69, 9.17) is 4.74 Å². The Kier molecular flexibility index (Phi) is 5.71. The van der Waals surface area contributed by atoms with Crippen molar-refractivity contribution in [2.75, 3.05) is 13.2 Å². The van der Waals surface area contributed by atoms with Gasteiger partial charge in [-0.05, 0) is 47.1 Å². The highest BCUT2D eigenvalue weighted by molar-refractivity contribution is 9.10. The summed E-state index contributed by atoms with van der Waals surface area (Å²) in [5.74, 6) is 0.944. The SMILES string of the molecule is Brc1csc(CNCCCOc2ccccc2)c1. The predicted molar refractivity (Wildman–Crippen MR) is 80.3 cm³/mol.